The summed E-state index contributed by atoms with van der Waals surface area (Å²) in [5.74, 6) is 1.90. The van der Waals surface area contributed by atoms with Gasteiger partial charge in [0.2, 0.25) is 11.8 Å². The van der Waals surface area contributed by atoms with Crippen molar-refractivity contribution in [1.82, 2.24) is 10.3 Å². The molecule has 5 nitrogen and oxygen atoms in total. The number of hydrogen-bond donors (Lipinski definition) is 1. The van der Waals surface area contributed by atoms with E-state index < -0.39 is 0 Å². The maximum Gasteiger partial charge on any atom is 0.228 e. The fourth-order valence-electron chi connectivity index (χ4n) is 3.10. The van der Waals surface area contributed by atoms with E-state index in [2.05, 4.69) is 10.3 Å². The number of rotatable bonds is 5. The normalized spacial score (nSPS) is 15.3. The standard InChI is InChI=1S/C22H20N2O3/c25-21(19-12-14-26-22-20(19)7-4-13-23-22)24-15-16-8-10-18(11-9-16)27-17-5-2-1-3-6-17/h1-11,13,19H,12,14-15H2,(H,24,25). The molecular weight excluding hydrogens is 340 g/mol. The fraction of sp³-hybridized carbons (Fsp3) is 0.182. The molecule has 0 aliphatic carbocycles. The van der Waals surface area contributed by atoms with Crippen LogP contribution in [0.2, 0.25) is 0 Å². The summed E-state index contributed by atoms with van der Waals surface area (Å²) in [6, 6.07) is 21.1. The summed E-state index contributed by atoms with van der Waals surface area (Å²) in [5.41, 5.74) is 1.87. The highest BCUT2D eigenvalue weighted by atomic mass is 16.5. The lowest BCUT2D eigenvalue weighted by molar-refractivity contribution is -0.123. The molecule has 1 N–H and O–H groups in total. The first-order chi connectivity index (χ1) is 13.3. The molecule has 27 heavy (non-hydrogen) atoms. The molecule has 0 spiro atoms. The zero-order valence-corrected chi connectivity index (χ0v) is 14.8. The Balaban J connectivity index is 1.36. The van der Waals surface area contributed by atoms with Gasteiger partial charge in [0.25, 0.3) is 0 Å². The Hall–Kier alpha value is -3.34. The summed E-state index contributed by atoms with van der Waals surface area (Å²) in [6.07, 6.45) is 2.34. The molecular formula is C22H20N2O3. The fourth-order valence-corrected chi connectivity index (χ4v) is 3.10. The number of fused-ring (bicyclic) bond motifs is 1. The van der Waals surface area contributed by atoms with Crippen molar-refractivity contribution < 1.29 is 14.3 Å². The van der Waals surface area contributed by atoms with Crippen LogP contribution in [0.25, 0.3) is 0 Å². The average molecular weight is 360 g/mol. The minimum absolute atomic E-state index is 0.00263. The quantitative estimate of drug-likeness (QED) is 0.745. The van der Waals surface area contributed by atoms with Crippen molar-refractivity contribution in [2.75, 3.05) is 6.61 Å². The second-order valence-electron chi connectivity index (χ2n) is 6.36. The van der Waals surface area contributed by atoms with Crippen LogP contribution < -0.4 is 14.8 Å². The van der Waals surface area contributed by atoms with Crippen LogP contribution in [0.1, 0.15) is 23.5 Å². The molecule has 0 radical (unpaired) electrons. The van der Waals surface area contributed by atoms with Crippen LogP contribution in [-0.4, -0.2) is 17.5 Å². The highest BCUT2D eigenvalue weighted by Crippen LogP contribution is 2.31. The van der Waals surface area contributed by atoms with E-state index in [-0.39, 0.29) is 11.8 Å². The molecule has 2 aromatic carbocycles. The van der Waals surface area contributed by atoms with E-state index in [4.69, 9.17) is 9.47 Å². The van der Waals surface area contributed by atoms with Crippen molar-refractivity contribution in [2.45, 2.75) is 18.9 Å². The van der Waals surface area contributed by atoms with Gasteiger partial charge < -0.3 is 14.8 Å². The Morgan fingerprint density at radius 3 is 2.63 bits per heavy atom. The predicted molar refractivity (Wildman–Crippen MR) is 102 cm³/mol. The van der Waals surface area contributed by atoms with Crippen LogP contribution in [0, 0.1) is 0 Å². The molecule has 136 valence electrons. The number of aromatic nitrogens is 1. The molecule has 0 fully saturated rings. The van der Waals surface area contributed by atoms with Crippen molar-refractivity contribution in [3.05, 3.63) is 84.1 Å². The van der Waals surface area contributed by atoms with Gasteiger partial charge in [-0.15, -0.1) is 0 Å². The van der Waals surface area contributed by atoms with E-state index in [0.717, 1.165) is 22.6 Å². The largest absolute Gasteiger partial charge is 0.477 e. The molecule has 1 unspecified atom stereocenters. The van der Waals surface area contributed by atoms with E-state index >= 15 is 0 Å². The number of para-hydroxylation sites is 1. The van der Waals surface area contributed by atoms with E-state index in [1.54, 1.807) is 6.20 Å². The Morgan fingerprint density at radius 1 is 1.04 bits per heavy atom. The molecule has 1 atom stereocenters. The molecule has 2 heterocycles. The molecule has 1 aliphatic rings. The minimum atomic E-state index is -0.219. The van der Waals surface area contributed by atoms with Gasteiger partial charge >= 0.3 is 0 Å². The number of nitrogens with one attached hydrogen (secondary N) is 1. The Bertz CT molecular complexity index is 910. The maximum absolute atomic E-state index is 12.6. The number of amides is 1. The average Bonchev–Trinajstić information content (AvgIpc) is 2.73. The van der Waals surface area contributed by atoms with Gasteiger partial charge in [-0.25, -0.2) is 4.98 Å². The van der Waals surface area contributed by atoms with Gasteiger partial charge in [0.1, 0.15) is 11.5 Å². The summed E-state index contributed by atoms with van der Waals surface area (Å²) in [6.45, 7) is 0.977. The van der Waals surface area contributed by atoms with Crippen molar-refractivity contribution in [2.24, 2.45) is 0 Å². The molecule has 1 aliphatic heterocycles. The first-order valence-electron chi connectivity index (χ1n) is 8.97. The van der Waals surface area contributed by atoms with Crippen molar-refractivity contribution in [1.29, 1.82) is 0 Å². The molecule has 3 aromatic rings. The summed E-state index contributed by atoms with van der Waals surface area (Å²) in [4.78, 5) is 16.8. The SMILES string of the molecule is O=C(NCc1ccc(Oc2ccccc2)cc1)C1CCOc2ncccc21. The molecule has 1 amide bonds. The second-order valence-corrected chi connectivity index (χ2v) is 6.36. The maximum atomic E-state index is 12.6. The van der Waals surface area contributed by atoms with Crippen LogP contribution >= 0.6 is 0 Å². The van der Waals surface area contributed by atoms with E-state index in [9.17, 15) is 4.79 Å². The van der Waals surface area contributed by atoms with Crippen LogP contribution in [0.3, 0.4) is 0 Å². The zero-order valence-electron chi connectivity index (χ0n) is 14.8. The van der Waals surface area contributed by atoms with Gasteiger partial charge in [-0.3, -0.25) is 4.79 Å². The van der Waals surface area contributed by atoms with Gasteiger partial charge in [-0.05, 0) is 42.3 Å². The molecule has 5 heteroatoms. The summed E-state index contributed by atoms with van der Waals surface area (Å²) in [7, 11) is 0. The zero-order chi connectivity index (χ0) is 18.5. The molecule has 4 rings (SSSR count). The molecule has 0 saturated heterocycles. The predicted octanol–water partition coefficient (Wildman–Crippen LogP) is 4.06. The Morgan fingerprint density at radius 2 is 1.81 bits per heavy atom. The van der Waals surface area contributed by atoms with Crippen LogP contribution in [0.4, 0.5) is 0 Å². The number of pyridine rings is 1. The number of nitrogens with zero attached hydrogens (tertiary/aromatic N) is 1. The van der Waals surface area contributed by atoms with Gasteiger partial charge in [0.15, 0.2) is 0 Å². The number of hydrogen-bond acceptors (Lipinski definition) is 4. The number of ether oxygens (including phenoxy) is 2. The highest BCUT2D eigenvalue weighted by Gasteiger charge is 2.28. The van der Waals surface area contributed by atoms with Crippen LogP contribution in [0.5, 0.6) is 17.4 Å². The first kappa shape index (κ1) is 17.1. The van der Waals surface area contributed by atoms with Gasteiger partial charge in [-0.2, -0.15) is 0 Å². The van der Waals surface area contributed by atoms with E-state index in [0.29, 0.717) is 25.5 Å². The topological polar surface area (TPSA) is 60.5 Å². The van der Waals surface area contributed by atoms with E-state index in [1.807, 2.05) is 66.7 Å². The first-order valence-corrected chi connectivity index (χ1v) is 8.97. The third-order valence-electron chi connectivity index (χ3n) is 4.51. The second kappa shape index (κ2) is 7.91. The lowest BCUT2D eigenvalue weighted by atomic mass is 9.94. The van der Waals surface area contributed by atoms with Crippen LogP contribution in [0.15, 0.2) is 72.9 Å². The summed E-state index contributed by atoms with van der Waals surface area (Å²) in [5, 5.41) is 3.02. The summed E-state index contributed by atoms with van der Waals surface area (Å²) >= 11 is 0. The Labute approximate surface area is 158 Å². The number of carbonyl (C=O) groups excluding carboxylic acids is 1. The lowest BCUT2D eigenvalue weighted by Gasteiger charge is -2.24. The lowest BCUT2D eigenvalue weighted by Crippen LogP contribution is -2.32. The van der Waals surface area contributed by atoms with Crippen molar-refractivity contribution in [3.63, 3.8) is 0 Å². The van der Waals surface area contributed by atoms with Gasteiger partial charge in [-0.1, -0.05) is 36.4 Å². The third-order valence-corrected chi connectivity index (χ3v) is 4.51. The summed E-state index contributed by atoms with van der Waals surface area (Å²) < 4.78 is 11.3. The van der Waals surface area contributed by atoms with E-state index in [1.165, 1.54) is 0 Å². The molecule has 1 aromatic heterocycles. The van der Waals surface area contributed by atoms with Crippen molar-refractivity contribution >= 4 is 5.91 Å². The van der Waals surface area contributed by atoms with Gasteiger partial charge in [0, 0.05) is 18.3 Å². The smallest absolute Gasteiger partial charge is 0.228 e. The third kappa shape index (κ3) is 4.08. The number of benzene rings is 2. The molecule has 0 bridgehead atoms. The van der Waals surface area contributed by atoms with Crippen molar-refractivity contribution in [3.8, 4) is 17.4 Å². The monoisotopic (exact) mass is 360 g/mol. The minimum Gasteiger partial charge on any atom is -0.477 e. The van der Waals surface area contributed by atoms with Gasteiger partial charge in [0.05, 0.1) is 12.5 Å². The Kier molecular flexibility index (Phi) is 5.01. The molecule has 0 saturated carbocycles. The highest BCUT2D eigenvalue weighted by molar-refractivity contribution is 5.84. The van der Waals surface area contributed by atoms with Crippen LogP contribution in [-0.2, 0) is 11.3 Å². The number of carbonyl (C=O) groups is 1.